The first-order valence-electron chi connectivity index (χ1n) is 15.5. The zero-order valence-electron chi connectivity index (χ0n) is 24.6. The van der Waals surface area contributed by atoms with E-state index in [1.807, 2.05) is 41.4 Å². The van der Waals surface area contributed by atoms with Crippen LogP contribution >= 0.6 is 0 Å². The van der Waals surface area contributed by atoms with Gasteiger partial charge in [0.1, 0.15) is 18.2 Å². The van der Waals surface area contributed by atoms with Crippen molar-refractivity contribution in [3.05, 3.63) is 71.7 Å². The molecule has 2 bridgehead atoms. The summed E-state index contributed by atoms with van der Waals surface area (Å²) in [6.07, 6.45) is 8.20. The van der Waals surface area contributed by atoms with Gasteiger partial charge in [-0.1, -0.05) is 35.5 Å². The molecule has 1 saturated heterocycles. The third-order valence-electron chi connectivity index (χ3n) is 8.48. The average Bonchev–Trinajstić information content (AvgIpc) is 3.74. The number of aromatic nitrogens is 4. The van der Waals surface area contributed by atoms with E-state index in [0.29, 0.717) is 44.5 Å². The molecule has 3 aliphatic heterocycles. The molecule has 1 N–H and O–H groups in total. The zero-order valence-corrected chi connectivity index (χ0v) is 24.6. The molecule has 1 saturated carbocycles. The van der Waals surface area contributed by atoms with E-state index >= 15 is 0 Å². The van der Waals surface area contributed by atoms with Crippen LogP contribution in [0.4, 0.5) is 0 Å². The van der Waals surface area contributed by atoms with Crippen molar-refractivity contribution in [3.63, 3.8) is 0 Å². The molecule has 2 fully saturated rings. The van der Waals surface area contributed by atoms with Gasteiger partial charge in [0, 0.05) is 51.5 Å². The molecule has 1 atom stereocenters. The molecule has 3 aromatic rings. The van der Waals surface area contributed by atoms with Gasteiger partial charge >= 0.3 is 0 Å². The van der Waals surface area contributed by atoms with Crippen molar-refractivity contribution in [1.82, 2.24) is 35.1 Å². The normalized spacial score (nSPS) is 22.7. The summed E-state index contributed by atoms with van der Waals surface area (Å²) in [6, 6.07) is 12.6. The lowest BCUT2D eigenvalue weighted by Crippen LogP contribution is -2.52. The maximum Gasteiger partial charge on any atom is 0.257 e. The van der Waals surface area contributed by atoms with E-state index in [1.54, 1.807) is 23.0 Å². The van der Waals surface area contributed by atoms with E-state index in [1.165, 1.54) is 12.8 Å². The molecule has 228 valence electrons. The van der Waals surface area contributed by atoms with E-state index in [4.69, 9.17) is 9.47 Å². The molecule has 0 spiro atoms. The summed E-state index contributed by atoms with van der Waals surface area (Å²) in [7, 11) is 0. The monoisotopic (exact) mass is 587 g/mol. The van der Waals surface area contributed by atoms with Crippen molar-refractivity contribution in [1.29, 1.82) is 0 Å². The number of amides is 2. The van der Waals surface area contributed by atoms with Gasteiger partial charge in [-0.2, -0.15) is 0 Å². The molecule has 1 aliphatic carbocycles. The van der Waals surface area contributed by atoms with Crippen LogP contribution in [-0.4, -0.2) is 100 Å². The molecule has 1 aromatic carbocycles. The summed E-state index contributed by atoms with van der Waals surface area (Å²) >= 11 is 0. The largest absolute Gasteiger partial charge is 0.475 e. The van der Waals surface area contributed by atoms with Crippen LogP contribution in [0.2, 0.25) is 0 Å². The lowest BCUT2D eigenvalue weighted by atomic mass is 9.95. The van der Waals surface area contributed by atoms with Crippen LogP contribution in [-0.2, 0) is 22.5 Å². The van der Waals surface area contributed by atoms with E-state index in [0.717, 1.165) is 44.0 Å². The lowest BCUT2D eigenvalue weighted by Gasteiger charge is -2.36. The van der Waals surface area contributed by atoms with Crippen molar-refractivity contribution in [2.75, 3.05) is 52.5 Å². The Balaban J connectivity index is 1.20. The van der Waals surface area contributed by atoms with Gasteiger partial charge in [-0.05, 0) is 55.2 Å². The van der Waals surface area contributed by atoms with Crippen molar-refractivity contribution in [2.24, 2.45) is 11.8 Å². The van der Waals surface area contributed by atoms with Crippen LogP contribution < -0.4 is 10.1 Å². The summed E-state index contributed by atoms with van der Waals surface area (Å²) < 4.78 is 13.5. The van der Waals surface area contributed by atoms with E-state index < -0.39 is 11.9 Å². The Morgan fingerprint density at radius 2 is 1.77 bits per heavy atom. The standard InChI is InChI=1S/C32H41N7O4/c40-30-28-7-4-12-33-31(28)43-18-17-42-16-15-37(20-25-8-9-25)21-26-10-13-38(14-11-26)32(41)29(34-30)19-27-23-39(36-35-27)22-24-5-2-1-3-6-24/h1-7,12,23,25-26,29H,8-11,13-22H2,(H,34,40)/t29-/m1/s1. The molecule has 0 unspecified atom stereocenters. The van der Waals surface area contributed by atoms with Gasteiger partial charge in [0.2, 0.25) is 11.8 Å². The molecule has 11 nitrogen and oxygen atoms in total. The SMILES string of the molecule is O=C1N[C@H](Cc2cn(Cc3ccccc3)nn2)C(=O)N2CCC(CC2)CN(CC2CC2)CCOCCOc2ncccc21. The minimum atomic E-state index is -0.799. The lowest BCUT2D eigenvalue weighted by molar-refractivity contribution is -0.134. The minimum Gasteiger partial charge on any atom is -0.475 e. The van der Waals surface area contributed by atoms with E-state index in [9.17, 15) is 9.59 Å². The first kappa shape index (κ1) is 29.3. The molecule has 2 amide bonds. The molecule has 0 radical (unpaired) electrons. The Bertz CT molecular complexity index is 1350. The number of nitrogens with one attached hydrogen (secondary N) is 1. The second-order valence-corrected chi connectivity index (χ2v) is 11.9. The fraction of sp³-hybridized carbons (Fsp3) is 0.531. The number of ether oxygens (including phenoxy) is 2. The molecule has 2 aromatic heterocycles. The molecule has 7 rings (SSSR count). The quantitative estimate of drug-likeness (QED) is 0.438. The van der Waals surface area contributed by atoms with Gasteiger partial charge in [0.05, 0.1) is 25.5 Å². The highest BCUT2D eigenvalue weighted by atomic mass is 16.5. The number of rotatable bonds is 6. The number of hydrogen-bond acceptors (Lipinski definition) is 8. The highest BCUT2D eigenvalue weighted by molar-refractivity contribution is 5.99. The van der Waals surface area contributed by atoms with Crippen LogP contribution in [0.25, 0.3) is 0 Å². The average molecular weight is 588 g/mol. The third-order valence-corrected chi connectivity index (χ3v) is 8.48. The summed E-state index contributed by atoms with van der Waals surface area (Å²) in [5.74, 6) is 1.06. The van der Waals surface area contributed by atoms with Crippen molar-refractivity contribution >= 4 is 11.8 Å². The number of hydrogen-bond donors (Lipinski definition) is 1. The van der Waals surface area contributed by atoms with Crippen LogP contribution in [0.5, 0.6) is 5.88 Å². The number of nitrogens with zero attached hydrogens (tertiary/aromatic N) is 6. The Labute approximate surface area is 252 Å². The summed E-state index contributed by atoms with van der Waals surface area (Å²) in [5.41, 5.74) is 2.03. The predicted molar refractivity (Wildman–Crippen MR) is 160 cm³/mol. The summed E-state index contributed by atoms with van der Waals surface area (Å²) in [5, 5.41) is 11.6. The Kier molecular flexibility index (Phi) is 9.59. The second-order valence-electron chi connectivity index (χ2n) is 11.9. The third kappa shape index (κ3) is 8.17. The van der Waals surface area contributed by atoms with Crippen LogP contribution in [0.15, 0.2) is 54.9 Å². The van der Waals surface area contributed by atoms with E-state index in [-0.39, 0.29) is 30.4 Å². The van der Waals surface area contributed by atoms with Crippen molar-refractivity contribution in [2.45, 2.75) is 44.7 Å². The number of carbonyl (C=O) groups excluding carboxylic acids is 2. The molecule has 4 aliphatic rings. The van der Waals surface area contributed by atoms with Gasteiger partial charge in [0.15, 0.2) is 0 Å². The molecular formula is C32H41N7O4. The topological polar surface area (TPSA) is 115 Å². The number of carbonyl (C=O) groups is 2. The van der Waals surface area contributed by atoms with Gasteiger partial charge in [0.25, 0.3) is 5.91 Å². The predicted octanol–water partition coefficient (Wildman–Crippen LogP) is 2.42. The Morgan fingerprint density at radius 1 is 0.930 bits per heavy atom. The summed E-state index contributed by atoms with van der Waals surface area (Å²) in [4.78, 5) is 36.2. The number of piperidine rings is 1. The fourth-order valence-electron chi connectivity index (χ4n) is 5.94. The highest BCUT2D eigenvalue weighted by Gasteiger charge is 2.32. The maximum absolute atomic E-state index is 14.0. The fourth-order valence-corrected chi connectivity index (χ4v) is 5.94. The van der Waals surface area contributed by atoms with Gasteiger partial charge < -0.3 is 24.6 Å². The number of fused-ring (bicyclic) bond motifs is 12. The number of pyridine rings is 1. The minimum absolute atomic E-state index is 0.0971. The Hall–Kier alpha value is -3.83. The number of benzene rings is 1. The zero-order chi connectivity index (χ0) is 29.4. The van der Waals surface area contributed by atoms with Crippen molar-refractivity contribution in [3.8, 4) is 5.88 Å². The first-order chi connectivity index (χ1) is 21.1. The molecular weight excluding hydrogens is 546 g/mol. The second kappa shape index (κ2) is 14.1. The van der Waals surface area contributed by atoms with Crippen LogP contribution in [0.3, 0.4) is 0 Å². The van der Waals surface area contributed by atoms with E-state index in [2.05, 4.69) is 25.5 Å². The maximum atomic E-state index is 14.0. The molecule has 5 heterocycles. The Morgan fingerprint density at radius 3 is 2.58 bits per heavy atom. The molecule has 11 heteroatoms. The first-order valence-corrected chi connectivity index (χ1v) is 15.5. The molecule has 43 heavy (non-hydrogen) atoms. The van der Waals surface area contributed by atoms with Crippen LogP contribution in [0.1, 0.15) is 47.3 Å². The smallest absolute Gasteiger partial charge is 0.257 e. The van der Waals surface area contributed by atoms with Gasteiger partial charge in [-0.25, -0.2) is 9.67 Å². The van der Waals surface area contributed by atoms with Gasteiger partial charge in [-0.3, -0.25) is 9.59 Å². The van der Waals surface area contributed by atoms with Crippen LogP contribution in [0, 0.1) is 11.8 Å². The van der Waals surface area contributed by atoms with Crippen molar-refractivity contribution < 1.29 is 19.1 Å². The van der Waals surface area contributed by atoms with Gasteiger partial charge in [-0.15, -0.1) is 5.10 Å². The highest BCUT2D eigenvalue weighted by Crippen LogP contribution is 2.30. The summed E-state index contributed by atoms with van der Waals surface area (Å²) in [6.45, 7) is 6.29.